The van der Waals surface area contributed by atoms with Crippen LogP contribution in [0.4, 0.5) is 0 Å². The molecule has 0 fully saturated rings. The Morgan fingerprint density at radius 1 is 1.30 bits per heavy atom. The van der Waals surface area contributed by atoms with Crippen molar-refractivity contribution in [3.63, 3.8) is 0 Å². The van der Waals surface area contributed by atoms with E-state index >= 15 is 0 Å². The molecule has 0 spiro atoms. The third-order valence-corrected chi connectivity index (χ3v) is 3.57. The van der Waals surface area contributed by atoms with Crippen LogP contribution in [0.15, 0.2) is 29.2 Å². The third-order valence-electron chi connectivity index (χ3n) is 2.64. The van der Waals surface area contributed by atoms with Gasteiger partial charge in [0.15, 0.2) is 0 Å². The highest BCUT2D eigenvalue weighted by atomic mass is 32.2. The number of ether oxygens (including phenoxy) is 1. The Morgan fingerprint density at radius 2 is 1.95 bits per heavy atom. The smallest absolute Gasteiger partial charge is 0.238 e. The summed E-state index contributed by atoms with van der Waals surface area (Å²) in [5.74, 6) is -0.0553. The first kappa shape index (κ1) is 16.6. The fourth-order valence-corrected chi connectivity index (χ4v) is 2.08. The summed E-state index contributed by atoms with van der Waals surface area (Å²) in [6.07, 6.45) is 1.10. The lowest BCUT2D eigenvalue weighted by Crippen LogP contribution is -2.22. The van der Waals surface area contributed by atoms with E-state index in [4.69, 9.17) is 9.88 Å². The van der Waals surface area contributed by atoms with Crippen LogP contribution in [0.3, 0.4) is 0 Å². The van der Waals surface area contributed by atoms with Crippen LogP contribution in [0.25, 0.3) is 0 Å². The predicted molar refractivity (Wildman–Crippen MR) is 75.4 cm³/mol. The normalized spacial score (nSPS) is 11.3. The summed E-state index contributed by atoms with van der Waals surface area (Å²) in [5.41, 5.74) is 0.815. The molecule has 0 heterocycles. The van der Waals surface area contributed by atoms with Crippen molar-refractivity contribution < 1.29 is 17.9 Å². The van der Waals surface area contributed by atoms with Crippen LogP contribution in [-0.4, -0.2) is 27.5 Å². The fraction of sp³-hybridized carbons (Fsp3) is 0.462. The molecule has 20 heavy (non-hydrogen) atoms. The molecular formula is C13H20N2O4S. The molecule has 1 rings (SSSR count). The maximum atomic E-state index is 11.5. The van der Waals surface area contributed by atoms with Gasteiger partial charge in [-0.2, -0.15) is 0 Å². The van der Waals surface area contributed by atoms with Crippen molar-refractivity contribution in [3.05, 3.63) is 29.8 Å². The number of sulfonamides is 1. The van der Waals surface area contributed by atoms with E-state index < -0.39 is 10.0 Å². The van der Waals surface area contributed by atoms with E-state index in [-0.39, 0.29) is 10.8 Å². The van der Waals surface area contributed by atoms with Gasteiger partial charge < -0.3 is 10.1 Å². The Balaban J connectivity index is 2.37. The Morgan fingerprint density at radius 3 is 2.50 bits per heavy atom. The number of amides is 1. The average Bonchev–Trinajstić information content (AvgIpc) is 2.41. The number of carbonyl (C=O) groups is 1. The Labute approximate surface area is 119 Å². The summed E-state index contributed by atoms with van der Waals surface area (Å²) >= 11 is 0. The Hall–Kier alpha value is -1.44. The SMILES string of the molecule is CCOCCCC(=O)NCc1ccc(S(N)(=O)=O)cc1. The monoisotopic (exact) mass is 300 g/mol. The van der Waals surface area contributed by atoms with Gasteiger partial charge in [0.2, 0.25) is 15.9 Å². The molecule has 0 aliphatic rings. The first-order valence-electron chi connectivity index (χ1n) is 6.39. The summed E-state index contributed by atoms with van der Waals surface area (Å²) in [6, 6.07) is 6.10. The molecule has 7 heteroatoms. The minimum Gasteiger partial charge on any atom is -0.382 e. The molecule has 0 aliphatic carbocycles. The lowest BCUT2D eigenvalue weighted by molar-refractivity contribution is -0.121. The highest BCUT2D eigenvalue weighted by molar-refractivity contribution is 7.89. The van der Waals surface area contributed by atoms with Crippen LogP contribution >= 0.6 is 0 Å². The zero-order valence-electron chi connectivity index (χ0n) is 11.5. The molecule has 0 saturated heterocycles. The van der Waals surface area contributed by atoms with Crippen LogP contribution in [0.5, 0.6) is 0 Å². The molecule has 0 bridgehead atoms. The summed E-state index contributed by atoms with van der Waals surface area (Å²) in [7, 11) is -3.67. The number of nitrogens with one attached hydrogen (secondary N) is 1. The van der Waals surface area contributed by atoms with Crippen LogP contribution in [-0.2, 0) is 26.1 Å². The van der Waals surface area contributed by atoms with Crippen molar-refractivity contribution in [2.75, 3.05) is 13.2 Å². The second-order valence-electron chi connectivity index (χ2n) is 4.27. The van der Waals surface area contributed by atoms with Gasteiger partial charge >= 0.3 is 0 Å². The maximum Gasteiger partial charge on any atom is 0.238 e. The van der Waals surface area contributed by atoms with Gasteiger partial charge in [-0.1, -0.05) is 12.1 Å². The van der Waals surface area contributed by atoms with Crippen molar-refractivity contribution in [1.29, 1.82) is 0 Å². The van der Waals surface area contributed by atoms with Gasteiger partial charge in [-0.05, 0) is 31.0 Å². The van der Waals surface area contributed by atoms with E-state index in [1.807, 2.05) is 6.92 Å². The average molecular weight is 300 g/mol. The van der Waals surface area contributed by atoms with Crippen LogP contribution < -0.4 is 10.5 Å². The number of primary sulfonamides is 1. The summed E-state index contributed by atoms with van der Waals surface area (Å²) in [5, 5.41) is 7.76. The fourth-order valence-electron chi connectivity index (χ4n) is 1.57. The molecule has 0 atom stereocenters. The van der Waals surface area contributed by atoms with Gasteiger partial charge in [0.25, 0.3) is 0 Å². The second-order valence-corrected chi connectivity index (χ2v) is 5.83. The third kappa shape index (κ3) is 6.14. The molecule has 1 aromatic rings. The van der Waals surface area contributed by atoms with Crippen molar-refractivity contribution in [2.24, 2.45) is 5.14 Å². The van der Waals surface area contributed by atoms with Crippen molar-refractivity contribution in [3.8, 4) is 0 Å². The van der Waals surface area contributed by atoms with Gasteiger partial charge in [-0.15, -0.1) is 0 Å². The predicted octanol–water partition coefficient (Wildman–Crippen LogP) is 0.767. The highest BCUT2D eigenvalue weighted by Crippen LogP contribution is 2.08. The standard InChI is InChI=1S/C13H20N2O4S/c1-2-19-9-3-4-13(16)15-10-11-5-7-12(8-6-11)20(14,17)18/h5-8H,2-4,9-10H2,1H3,(H,15,16)(H2,14,17,18). The molecule has 3 N–H and O–H groups in total. The summed E-state index contributed by atoms with van der Waals surface area (Å²) in [6.45, 7) is 3.49. The number of benzene rings is 1. The number of hydrogen-bond acceptors (Lipinski definition) is 4. The van der Waals surface area contributed by atoms with E-state index in [0.717, 1.165) is 5.56 Å². The van der Waals surface area contributed by atoms with Gasteiger partial charge in [-0.3, -0.25) is 4.79 Å². The molecule has 0 saturated carbocycles. The zero-order valence-corrected chi connectivity index (χ0v) is 12.3. The number of nitrogens with two attached hydrogens (primary N) is 1. The second kappa shape index (κ2) is 7.98. The van der Waals surface area contributed by atoms with E-state index in [2.05, 4.69) is 5.32 Å². The maximum absolute atomic E-state index is 11.5. The molecular weight excluding hydrogens is 280 g/mol. The molecule has 0 radical (unpaired) electrons. The minimum absolute atomic E-state index is 0.0553. The number of carbonyl (C=O) groups excluding carboxylic acids is 1. The van der Waals surface area contributed by atoms with E-state index in [1.165, 1.54) is 12.1 Å². The van der Waals surface area contributed by atoms with Gasteiger partial charge in [0, 0.05) is 26.2 Å². The molecule has 1 amide bonds. The van der Waals surface area contributed by atoms with E-state index in [9.17, 15) is 13.2 Å². The lowest BCUT2D eigenvalue weighted by Gasteiger charge is -2.06. The topological polar surface area (TPSA) is 98.5 Å². The molecule has 6 nitrogen and oxygen atoms in total. The molecule has 0 aromatic heterocycles. The van der Waals surface area contributed by atoms with Crippen molar-refractivity contribution in [2.45, 2.75) is 31.2 Å². The molecule has 0 unspecified atom stereocenters. The van der Waals surface area contributed by atoms with E-state index in [0.29, 0.717) is 32.6 Å². The molecule has 0 aliphatic heterocycles. The van der Waals surface area contributed by atoms with Crippen molar-refractivity contribution >= 4 is 15.9 Å². The summed E-state index contributed by atoms with van der Waals surface area (Å²) < 4.78 is 27.3. The van der Waals surface area contributed by atoms with E-state index in [1.54, 1.807) is 12.1 Å². The van der Waals surface area contributed by atoms with Gasteiger partial charge in [0.05, 0.1) is 4.90 Å². The zero-order chi connectivity index (χ0) is 15.0. The van der Waals surface area contributed by atoms with Crippen LogP contribution in [0.1, 0.15) is 25.3 Å². The molecule has 112 valence electrons. The largest absolute Gasteiger partial charge is 0.382 e. The first-order valence-corrected chi connectivity index (χ1v) is 7.94. The minimum atomic E-state index is -3.67. The Kier molecular flexibility index (Phi) is 6.63. The van der Waals surface area contributed by atoms with Crippen molar-refractivity contribution in [1.82, 2.24) is 5.32 Å². The Bertz CT molecular complexity index is 526. The van der Waals surface area contributed by atoms with Crippen LogP contribution in [0, 0.1) is 0 Å². The number of hydrogen-bond donors (Lipinski definition) is 2. The van der Waals surface area contributed by atoms with Gasteiger partial charge in [0.1, 0.15) is 0 Å². The first-order chi connectivity index (χ1) is 9.43. The van der Waals surface area contributed by atoms with Gasteiger partial charge in [-0.25, -0.2) is 13.6 Å². The number of rotatable bonds is 8. The highest BCUT2D eigenvalue weighted by Gasteiger charge is 2.07. The lowest BCUT2D eigenvalue weighted by atomic mass is 10.2. The summed E-state index contributed by atoms with van der Waals surface area (Å²) in [4.78, 5) is 11.6. The van der Waals surface area contributed by atoms with Crippen LogP contribution in [0.2, 0.25) is 0 Å². The molecule has 1 aromatic carbocycles. The quantitative estimate of drug-likeness (QED) is 0.693.